The minimum absolute atomic E-state index is 0.0912. The van der Waals surface area contributed by atoms with Gasteiger partial charge in [-0.25, -0.2) is 0 Å². The van der Waals surface area contributed by atoms with E-state index in [4.69, 9.17) is 0 Å². The molecule has 0 spiro atoms. The minimum Gasteiger partial charge on any atom is -0.343 e. The van der Waals surface area contributed by atoms with Crippen LogP contribution in [0, 0.1) is 6.92 Å². The lowest BCUT2D eigenvalue weighted by Crippen LogP contribution is -2.38. The van der Waals surface area contributed by atoms with Gasteiger partial charge in [-0.3, -0.25) is 9.59 Å². The number of amides is 1. The van der Waals surface area contributed by atoms with Crippen LogP contribution in [0.15, 0.2) is 12.1 Å². The Morgan fingerprint density at radius 3 is 2.50 bits per heavy atom. The summed E-state index contributed by atoms with van der Waals surface area (Å²) in [5.41, 5.74) is 0. The van der Waals surface area contributed by atoms with Crippen LogP contribution in [-0.2, 0) is 4.79 Å². The summed E-state index contributed by atoms with van der Waals surface area (Å²) >= 11 is 1.51. The van der Waals surface area contributed by atoms with Gasteiger partial charge in [0.15, 0.2) is 5.78 Å². The van der Waals surface area contributed by atoms with Gasteiger partial charge in [-0.05, 0) is 31.9 Å². The van der Waals surface area contributed by atoms with Crippen molar-refractivity contribution in [2.75, 3.05) is 7.05 Å². The molecule has 0 N–H and O–H groups in total. The van der Waals surface area contributed by atoms with Crippen LogP contribution in [-0.4, -0.2) is 29.7 Å². The highest BCUT2D eigenvalue weighted by Crippen LogP contribution is 2.23. The molecule has 0 bridgehead atoms. The fourth-order valence-corrected chi connectivity index (χ4v) is 3.61. The summed E-state index contributed by atoms with van der Waals surface area (Å²) in [4.78, 5) is 27.9. The normalized spacial score (nSPS) is 16.1. The predicted octanol–water partition coefficient (Wildman–Crippen LogP) is 3.81. The molecule has 1 heterocycles. The number of carbonyl (C=O) groups excluding carboxylic acids is 2. The summed E-state index contributed by atoms with van der Waals surface area (Å²) in [5, 5.41) is 0. The van der Waals surface area contributed by atoms with Crippen molar-refractivity contribution >= 4 is 23.0 Å². The molecular weight excluding hydrogens is 270 g/mol. The Morgan fingerprint density at radius 2 is 1.90 bits per heavy atom. The number of aryl methyl sites for hydroxylation is 1. The SMILES string of the molecule is Cc1ccc(C(=O)CCC(=O)N(C)C2CCCCC2)s1. The monoisotopic (exact) mass is 293 g/mol. The largest absolute Gasteiger partial charge is 0.343 e. The molecule has 20 heavy (non-hydrogen) atoms. The van der Waals surface area contributed by atoms with Gasteiger partial charge in [0, 0.05) is 30.8 Å². The first-order valence-corrected chi connectivity index (χ1v) is 8.25. The molecule has 4 heteroatoms. The lowest BCUT2D eigenvalue weighted by Gasteiger charge is -2.31. The van der Waals surface area contributed by atoms with Crippen LogP contribution in [0.4, 0.5) is 0 Å². The average molecular weight is 293 g/mol. The van der Waals surface area contributed by atoms with Crippen LogP contribution >= 0.6 is 11.3 Å². The quantitative estimate of drug-likeness (QED) is 0.774. The number of Topliss-reactive ketones (excluding diaryl/α,β-unsaturated/α-hetero) is 1. The van der Waals surface area contributed by atoms with E-state index in [1.54, 1.807) is 0 Å². The number of ketones is 1. The Bertz CT molecular complexity index is 475. The van der Waals surface area contributed by atoms with Crippen LogP contribution in [0.5, 0.6) is 0 Å². The molecule has 0 atom stereocenters. The van der Waals surface area contributed by atoms with E-state index in [1.165, 1.54) is 30.6 Å². The van der Waals surface area contributed by atoms with E-state index in [0.717, 1.165) is 22.6 Å². The zero-order valence-electron chi connectivity index (χ0n) is 12.4. The maximum Gasteiger partial charge on any atom is 0.223 e. The summed E-state index contributed by atoms with van der Waals surface area (Å²) in [6, 6.07) is 4.20. The molecule has 0 aliphatic heterocycles. The van der Waals surface area contributed by atoms with Gasteiger partial charge in [0.2, 0.25) is 5.91 Å². The molecule has 0 radical (unpaired) electrons. The molecule has 2 rings (SSSR count). The van der Waals surface area contributed by atoms with E-state index < -0.39 is 0 Å². The highest BCUT2D eigenvalue weighted by atomic mass is 32.1. The van der Waals surface area contributed by atoms with Crippen molar-refractivity contribution in [3.63, 3.8) is 0 Å². The number of thiophene rings is 1. The molecule has 110 valence electrons. The molecular formula is C16H23NO2S. The zero-order chi connectivity index (χ0) is 14.5. The molecule has 1 aromatic heterocycles. The summed E-state index contributed by atoms with van der Waals surface area (Å²) in [6.45, 7) is 1.99. The number of nitrogens with zero attached hydrogens (tertiary/aromatic N) is 1. The van der Waals surface area contributed by atoms with Crippen molar-refractivity contribution in [1.29, 1.82) is 0 Å². The third kappa shape index (κ3) is 3.92. The molecule has 1 saturated carbocycles. The van der Waals surface area contributed by atoms with Gasteiger partial charge in [-0.2, -0.15) is 0 Å². The molecule has 1 aliphatic carbocycles. The lowest BCUT2D eigenvalue weighted by molar-refractivity contribution is -0.132. The van der Waals surface area contributed by atoms with Crippen molar-refractivity contribution in [3.05, 3.63) is 21.9 Å². The van der Waals surface area contributed by atoms with E-state index >= 15 is 0 Å². The van der Waals surface area contributed by atoms with E-state index in [0.29, 0.717) is 18.9 Å². The fourth-order valence-electron chi connectivity index (χ4n) is 2.78. The Kier molecular flexibility index (Phi) is 5.35. The molecule has 0 saturated heterocycles. The lowest BCUT2D eigenvalue weighted by atomic mass is 9.94. The van der Waals surface area contributed by atoms with Crippen molar-refractivity contribution in [1.82, 2.24) is 4.90 Å². The maximum absolute atomic E-state index is 12.2. The van der Waals surface area contributed by atoms with Gasteiger partial charge in [0.25, 0.3) is 0 Å². The van der Waals surface area contributed by atoms with Crippen molar-refractivity contribution in [2.45, 2.75) is 57.9 Å². The molecule has 1 fully saturated rings. The summed E-state index contributed by atoms with van der Waals surface area (Å²) in [7, 11) is 1.89. The Balaban J connectivity index is 1.80. The van der Waals surface area contributed by atoms with Crippen LogP contribution in [0.3, 0.4) is 0 Å². The first-order valence-electron chi connectivity index (χ1n) is 7.43. The van der Waals surface area contributed by atoms with Crippen molar-refractivity contribution in [2.24, 2.45) is 0 Å². The number of hydrogen-bond acceptors (Lipinski definition) is 3. The Hall–Kier alpha value is -1.16. The standard InChI is InChI=1S/C16H23NO2S/c1-12-8-10-15(20-12)14(18)9-11-16(19)17(2)13-6-4-3-5-7-13/h8,10,13H,3-7,9,11H2,1-2H3. The third-order valence-electron chi connectivity index (χ3n) is 4.10. The Morgan fingerprint density at radius 1 is 1.20 bits per heavy atom. The maximum atomic E-state index is 12.2. The second-order valence-corrected chi connectivity index (χ2v) is 6.92. The van der Waals surface area contributed by atoms with E-state index in [-0.39, 0.29) is 11.7 Å². The Labute approximate surface area is 125 Å². The average Bonchev–Trinajstić information content (AvgIpc) is 2.91. The highest BCUT2D eigenvalue weighted by Gasteiger charge is 2.22. The third-order valence-corrected chi connectivity index (χ3v) is 5.14. The second-order valence-electron chi connectivity index (χ2n) is 5.63. The van der Waals surface area contributed by atoms with Crippen LogP contribution in [0.1, 0.15) is 59.5 Å². The van der Waals surface area contributed by atoms with Gasteiger partial charge in [-0.15, -0.1) is 11.3 Å². The summed E-state index contributed by atoms with van der Waals surface area (Å²) in [6.07, 6.45) is 6.61. The first kappa shape index (κ1) is 15.2. The molecule has 3 nitrogen and oxygen atoms in total. The molecule has 1 amide bonds. The second kappa shape index (κ2) is 7.02. The number of carbonyl (C=O) groups is 2. The van der Waals surface area contributed by atoms with Gasteiger partial charge in [0.1, 0.15) is 0 Å². The fraction of sp³-hybridized carbons (Fsp3) is 0.625. The minimum atomic E-state index is 0.0912. The predicted molar refractivity (Wildman–Crippen MR) is 82.3 cm³/mol. The van der Waals surface area contributed by atoms with E-state index in [2.05, 4.69) is 0 Å². The van der Waals surface area contributed by atoms with Gasteiger partial charge in [0.05, 0.1) is 4.88 Å². The van der Waals surface area contributed by atoms with Crippen molar-refractivity contribution in [3.8, 4) is 0 Å². The summed E-state index contributed by atoms with van der Waals surface area (Å²) in [5.74, 6) is 0.201. The topological polar surface area (TPSA) is 37.4 Å². The highest BCUT2D eigenvalue weighted by molar-refractivity contribution is 7.14. The van der Waals surface area contributed by atoms with E-state index in [1.807, 2.05) is 31.0 Å². The van der Waals surface area contributed by atoms with Gasteiger partial charge in [-0.1, -0.05) is 19.3 Å². The molecule has 0 unspecified atom stereocenters. The van der Waals surface area contributed by atoms with Crippen molar-refractivity contribution < 1.29 is 9.59 Å². The smallest absolute Gasteiger partial charge is 0.223 e. The first-order chi connectivity index (χ1) is 9.58. The van der Waals surface area contributed by atoms with E-state index in [9.17, 15) is 9.59 Å². The van der Waals surface area contributed by atoms with Gasteiger partial charge < -0.3 is 4.90 Å². The van der Waals surface area contributed by atoms with Gasteiger partial charge >= 0.3 is 0 Å². The number of hydrogen-bond donors (Lipinski definition) is 0. The zero-order valence-corrected chi connectivity index (χ0v) is 13.2. The molecule has 1 aliphatic rings. The molecule has 0 aromatic carbocycles. The van der Waals surface area contributed by atoms with Crippen LogP contribution in [0.25, 0.3) is 0 Å². The summed E-state index contributed by atoms with van der Waals surface area (Å²) < 4.78 is 0. The van der Waals surface area contributed by atoms with Crippen LogP contribution < -0.4 is 0 Å². The molecule has 1 aromatic rings. The number of rotatable bonds is 5. The van der Waals surface area contributed by atoms with Crippen LogP contribution in [0.2, 0.25) is 0 Å².